The van der Waals surface area contributed by atoms with E-state index in [4.69, 9.17) is 5.11 Å². The molecule has 16 heavy (non-hydrogen) atoms. The average Bonchev–Trinajstić information content (AvgIpc) is 2.14. The largest absolute Gasteiger partial charge is 0.417 e. The third-order valence-corrected chi connectivity index (χ3v) is 2.03. The molecule has 0 saturated carbocycles. The summed E-state index contributed by atoms with van der Waals surface area (Å²) in [5, 5.41) is 19.3. The Balaban J connectivity index is 3.55. The van der Waals surface area contributed by atoms with Gasteiger partial charge in [-0.3, -0.25) is 10.1 Å². The maximum atomic E-state index is 12.5. The molecule has 0 bridgehead atoms. The van der Waals surface area contributed by atoms with E-state index in [1.165, 1.54) is 6.92 Å². The number of alkyl halides is 3. The van der Waals surface area contributed by atoms with Crippen molar-refractivity contribution in [3.05, 3.63) is 38.9 Å². The lowest BCUT2D eigenvalue weighted by Gasteiger charge is -2.12. The quantitative estimate of drug-likeness (QED) is 0.632. The highest BCUT2D eigenvalue weighted by molar-refractivity contribution is 5.49. The van der Waals surface area contributed by atoms with Gasteiger partial charge in [0.15, 0.2) is 0 Å². The second-order valence-electron chi connectivity index (χ2n) is 3.22. The van der Waals surface area contributed by atoms with Crippen LogP contribution < -0.4 is 0 Å². The molecule has 1 rings (SSSR count). The number of hydrogen-bond acceptors (Lipinski definition) is 3. The summed E-state index contributed by atoms with van der Waals surface area (Å²) in [5.74, 6) is 0. The Kier molecular flexibility index (Phi) is 3.18. The molecule has 0 unspecified atom stereocenters. The van der Waals surface area contributed by atoms with Crippen molar-refractivity contribution in [3.8, 4) is 0 Å². The number of nitro benzene ring substituents is 1. The number of hydrogen-bond donors (Lipinski definition) is 1. The summed E-state index contributed by atoms with van der Waals surface area (Å²) in [4.78, 5) is 9.60. The Morgan fingerprint density at radius 1 is 1.44 bits per heavy atom. The SMILES string of the molecule is Cc1cc([N+](=O)[O-])c(CO)c(C(F)(F)F)c1. The average molecular weight is 235 g/mol. The zero-order valence-corrected chi connectivity index (χ0v) is 8.21. The lowest BCUT2D eigenvalue weighted by atomic mass is 10.0. The highest BCUT2D eigenvalue weighted by atomic mass is 19.4. The maximum Gasteiger partial charge on any atom is 0.417 e. The number of nitro groups is 1. The summed E-state index contributed by atoms with van der Waals surface area (Å²) in [6.07, 6.45) is -4.71. The molecule has 0 spiro atoms. The molecule has 0 aliphatic carbocycles. The van der Waals surface area contributed by atoms with E-state index < -0.39 is 34.5 Å². The van der Waals surface area contributed by atoms with Gasteiger partial charge in [0.05, 0.1) is 22.7 Å². The first kappa shape index (κ1) is 12.4. The molecule has 0 heterocycles. The van der Waals surface area contributed by atoms with Gasteiger partial charge in [0.2, 0.25) is 0 Å². The molecule has 0 aliphatic rings. The van der Waals surface area contributed by atoms with Crippen LogP contribution in [0.3, 0.4) is 0 Å². The predicted molar refractivity (Wildman–Crippen MR) is 48.8 cm³/mol. The van der Waals surface area contributed by atoms with E-state index >= 15 is 0 Å². The smallest absolute Gasteiger partial charge is 0.391 e. The fraction of sp³-hybridized carbons (Fsp3) is 0.333. The molecule has 0 saturated heterocycles. The number of aliphatic hydroxyl groups is 1. The maximum absolute atomic E-state index is 12.5. The molecule has 7 heteroatoms. The summed E-state index contributed by atoms with van der Waals surface area (Å²) in [6.45, 7) is 0.300. The molecule has 1 aromatic carbocycles. The molecule has 0 radical (unpaired) electrons. The second-order valence-corrected chi connectivity index (χ2v) is 3.22. The first-order valence-electron chi connectivity index (χ1n) is 4.23. The van der Waals surface area contributed by atoms with Crippen molar-refractivity contribution in [3.63, 3.8) is 0 Å². The van der Waals surface area contributed by atoms with E-state index in [0.29, 0.717) is 0 Å². The van der Waals surface area contributed by atoms with Crippen molar-refractivity contribution in [2.75, 3.05) is 0 Å². The lowest BCUT2D eigenvalue weighted by molar-refractivity contribution is -0.386. The molecule has 0 fully saturated rings. The molecular formula is C9H8F3NO3. The fourth-order valence-corrected chi connectivity index (χ4v) is 1.38. The van der Waals surface area contributed by atoms with E-state index in [1.54, 1.807) is 0 Å². The minimum absolute atomic E-state index is 0.122. The molecule has 0 amide bonds. The van der Waals surface area contributed by atoms with E-state index in [9.17, 15) is 23.3 Å². The first-order chi connectivity index (χ1) is 7.27. The molecule has 1 aromatic rings. The molecule has 4 nitrogen and oxygen atoms in total. The summed E-state index contributed by atoms with van der Waals surface area (Å²) in [7, 11) is 0. The highest BCUT2D eigenvalue weighted by Crippen LogP contribution is 2.36. The summed E-state index contributed by atoms with van der Waals surface area (Å²) < 4.78 is 37.6. The molecule has 88 valence electrons. The Hall–Kier alpha value is -1.63. The zero-order valence-electron chi connectivity index (χ0n) is 8.21. The number of aliphatic hydroxyl groups excluding tert-OH is 1. The van der Waals surface area contributed by atoms with E-state index in [1.807, 2.05) is 0 Å². The minimum Gasteiger partial charge on any atom is -0.391 e. The number of halogens is 3. The van der Waals surface area contributed by atoms with Crippen LogP contribution in [0.25, 0.3) is 0 Å². The van der Waals surface area contributed by atoms with Gasteiger partial charge in [0.1, 0.15) is 0 Å². The van der Waals surface area contributed by atoms with Crippen LogP contribution in [0.4, 0.5) is 18.9 Å². The third-order valence-electron chi connectivity index (χ3n) is 2.03. The van der Waals surface area contributed by atoms with Crippen molar-refractivity contribution in [2.24, 2.45) is 0 Å². The van der Waals surface area contributed by atoms with Gasteiger partial charge in [-0.05, 0) is 18.6 Å². The van der Waals surface area contributed by atoms with Crippen LogP contribution in [-0.4, -0.2) is 10.0 Å². The monoisotopic (exact) mass is 235 g/mol. The van der Waals surface area contributed by atoms with Crippen LogP contribution in [0.2, 0.25) is 0 Å². The fourth-order valence-electron chi connectivity index (χ4n) is 1.38. The van der Waals surface area contributed by atoms with Crippen molar-refractivity contribution >= 4 is 5.69 Å². The van der Waals surface area contributed by atoms with Gasteiger partial charge in [0.25, 0.3) is 5.69 Å². The Morgan fingerprint density at radius 3 is 2.38 bits per heavy atom. The van der Waals surface area contributed by atoms with Gasteiger partial charge < -0.3 is 5.11 Å². The van der Waals surface area contributed by atoms with Crippen molar-refractivity contribution < 1.29 is 23.2 Å². The Labute approximate surface area is 88.5 Å². The Bertz CT molecular complexity index is 429. The van der Waals surface area contributed by atoms with Crippen LogP contribution in [0.1, 0.15) is 16.7 Å². The van der Waals surface area contributed by atoms with Crippen molar-refractivity contribution in [1.82, 2.24) is 0 Å². The van der Waals surface area contributed by atoms with Gasteiger partial charge in [0, 0.05) is 6.07 Å². The van der Waals surface area contributed by atoms with Gasteiger partial charge in [-0.25, -0.2) is 0 Å². The normalized spacial score (nSPS) is 11.6. The summed E-state index contributed by atoms with van der Waals surface area (Å²) >= 11 is 0. The first-order valence-corrected chi connectivity index (χ1v) is 4.23. The van der Waals surface area contributed by atoms with E-state index in [0.717, 1.165) is 12.1 Å². The van der Waals surface area contributed by atoms with Gasteiger partial charge in [-0.2, -0.15) is 13.2 Å². The second kappa shape index (κ2) is 4.09. The predicted octanol–water partition coefficient (Wildman–Crippen LogP) is 2.41. The topological polar surface area (TPSA) is 63.4 Å². The highest BCUT2D eigenvalue weighted by Gasteiger charge is 2.36. The van der Waals surface area contributed by atoms with Gasteiger partial charge >= 0.3 is 6.18 Å². The minimum atomic E-state index is -4.71. The standard InChI is InChI=1S/C9H8F3NO3/c1-5-2-7(9(10,11)12)6(4-14)8(3-5)13(15)16/h2-3,14H,4H2,1H3. The molecule has 0 atom stereocenters. The van der Waals surface area contributed by atoms with Crippen LogP contribution in [-0.2, 0) is 12.8 Å². The lowest BCUT2D eigenvalue weighted by Crippen LogP contribution is -2.12. The number of rotatable bonds is 2. The summed E-state index contributed by atoms with van der Waals surface area (Å²) in [5.41, 5.74) is -2.46. The molecular weight excluding hydrogens is 227 g/mol. The third kappa shape index (κ3) is 2.30. The zero-order chi connectivity index (χ0) is 12.5. The van der Waals surface area contributed by atoms with Crippen LogP contribution in [0, 0.1) is 17.0 Å². The van der Waals surface area contributed by atoms with Crippen LogP contribution in [0.5, 0.6) is 0 Å². The molecule has 0 aliphatic heterocycles. The molecule has 1 N–H and O–H groups in total. The van der Waals surface area contributed by atoms with E-state index in [-0.39, 0.29) is 5.56 Å². The summed E-state index contributed by atoms with van der Waals surface area (Å²) in [6, 6.07) is 1.78. The van der Waals surface area contributed by atoms with E-state index in [2.05, 4.69) is 0 Å². The van der Waals surface area contributed by atoms with Crippen molar-refractivity contribution in [2.45, 2.75) is 19.7 Å². The number of nitrogens with zero attached hydrogens (tertiary/aromatic N) is 1. The Morgan fingerprint density at radius 2 is 2.00 bits per heavy atom. The van der Waals surface area contributed by atoms with Crippen molar-refractivity contribution in [1.29, 1.82) is 0 Å². The number of benzene rings is 1. The molecule has 0 aromatic heterocycles. The van der Waals surface area contributed by atoms with Crippen LogP contribution in [0.15, 0.2) is 12.1 Å². The van der Waals surface area contributed by atoms with Gasteiger partial charge in [-0.15, -0.1) is 0 Å². The number of aryl methyl sites for hydroxylation is 1. The van der Waals surface area contributed by atoms with Crippen LogP contribution >= 0.6 is 0 Å². The van der Waals surface area contributed by atoms with Gasteiger partial charge in [-0.1, -0.05) is 0 Å².